The van der Waals surface area contributed by atoms with Crippen LogP contribution in [0.1, 0.15) is 55.6 Å². The molecule has 0 unspecified atom stereocenters. The van der Waals surface area contributed by atoms with Gasteiger partial charge in [-0.25, -0.2) is 0 Å². The minimum atomic E-state index is 0.744. The predicted octanol–water partition coefficient (Wildman–Crippen LogP) is 3.46. The van der Waals surface area contributed by atoms with Crippen LogP contribution in [0, 0.1) is 12.8 Å². The standard InChI is InChI=1S/C17H28N2O/c1-13-15(9-17(20-13)10-18-16-7-8-16)12-19(2)11-14-5-3-4-6-14/h9,14,16,18H,3-8,10-12H2,1-2H3. The van der Waals surface area contributed by atoms with Crippen LogP contribution in [0.3, 0.4) is 0 Å². The van der Waals surface area contributed by atoms with E-state index in [0.717, 1.165) is 36.6 Å². The summed E-state index contributed by atoms with van der Waals surface area (Å²) in [5, 5.41) is 3.52. The summed E-state index contributed by atoms with van der Waals surface area (Å²) in [7, 11) is 2.24. The van der Waals surface area contributed by atoms with E-state index in [-0.39, 0.29) is 0 Å². The van der Waals surface area contributed by atoms with Crippen molar-refractivity contribution in [3.63, 3.8) is 0 Å². The van der Waals surface area contributed by atoms with Gasteiger partial charge in [0.2, 0.25) is 0 Å². The molecule has 0 amide bonds. The molecule has 2 aliphatic rings. The van der Waals surface area contributed by atoms with Crippen molar-refractivity contribution in [3.05, 3.63) is 23.2 Å². The molecule has 2 aliphatic carbocycles. The molecule has 0 aromatic carbocycles. The highest BCUT2D eigenvalue weighted by atomic mass is 16.3. The molecule has 20 heavy (non-hydrogen) atoms. The first-order valence-corrected chi connectivity index (χ1v) is 8.21. The maximum Gasteiger partial charge on any atom is 0.118 e. The van der Waals surface area contributed by atoms with Gasteiger partial charge in [0.1, 0.15) is 11.5 Å². The van der Waals surface area contributed by atoms with Gasteiger partial charge in [-0.1, -0.05) is 12.8 Å². The fraction of sp³-hybridized carbons (Fsp3) is 0.765. The Kier molecular flexibility index (Phi) is 4.47. The molecule has 0 aliphatic heterocycles. The van der Waals surface area contributed by atoms with Crippen molar-refractivity contribution in [2.45, 2.75) is 64.6 Å². The molecule has 1 aromatic rings. The van der Waals surface area contributed by atoms with Crippen molar-refractivity contribution in [2.24, 2.45) is 5.92 Å². The summed E-state index contributed by atoms with van der Waals surface area (Å²) in [4.78, 5) is 2.46. The predicted molar refractivity (Wildman–Crippen MR) is 81.6 cm³/mol. The third-order valence-corrected chi connectivity index (χ3v) is 4.70. The van der Waals surface area contributed by atoms with E-state index in [4.69, 9.17) is 4.42 Å². The van der Waals surface area contributed by atoms with Gasteiger partial charge in [0.25, 0.3) is 0 Å². The van der Waals surface area contributed by atoms with Crippen molar-refractivity contribution < 1.29 is 4.42 Å². The molecule has 1 N–H and O–H groups in total. The summed E-state index contributed by atoms with van der Waals surface area (Å²) in [5.41, 5.74) is 1.36. The van der Waals surface area contributed by atoms with Gasteiger partial charge < -0.3 is 14.6 Å². The largest absolute Gasteiger partial charge is 0.465 e. The van der Waals surface area contributed by atoms with Crippen LogP contribution in [0.5, 0.6) is 0 Å². The molecule has 0 bridgehead atoms. The minimum Gasteiger partial charge on any atom is -0.465 e. The van der Waals surface area contributed by atoms with Crippen LogP contribution >= 0.6 is 0 Å². The Hall–Kier alpha value is -0.800. The molecular weight excluding hydrogens is 248 g/mol. The average molecular weight is 276 g/mol. The van der Waals surface area contributed by atoms with Crippen molar-refractivity contribution >= 4 is 0 Å². The zero-order valence-electron chi connectivity index (χ0n) is 13.0. The topological polar surface area (TPSA) is 28.4 Å². The Morgan fingerprint density at radius 2 is 2.00 bits per heavy atom. The molecule has 0 saturated heterocycles. The molecule has 1 aromatic heterocycles. The van der Waals surface area contributed by atoms with Gasteiger partial charge in [-0.05, 0) is 51.6 Å². The minimum absolute atomic E-state index is 0.744. The lowest BCUT2D eigenvalue weighted by Gasteiger charge is -2.20. The smallest absolute Gasteiger partial charge is 0.118 e. The number of rotatable bonds is 7. The lowest BCUT2D eigenvalue weighted by molar-refractivity contribution is 0.269. The zero-order chi connectivity index (χ0) is 13.9. The van der Waals surface area contributed by atoms with E-state index in [1.54, 1.807) is 0 Å². The number of nitrogens with one attached hydrogen (secondary N) is 1. The second-order valence-electron chi connectivity index (χ2n) is 6.80. The van der Waals surface area contributed by atoms with Crippen molar-refractivity contribution in [2.75, 3.05) is 13.6 Å². The summed E-state index contributed by atoms with van der Waals surface area (Å²) in [5.74, 6) is 3.11. The van der Waals surface area contributed by atoms with Crippen LogP contribution in [0.15, 0.2) is 10.5 Å². The molecule has 0 radical (unpaired) electrons. The second kappa shape index (κ2) is 6.31. The van der Waals surface area contributed by atoms with Crippen molar-refractivity contribution in [1.82, 2.24) is 10.2 Å². The molecule has 3 nitrogen and oxygen atoms in total. The monoisotopic (exact) mass is 276 g/mol. The van der Waals surface area contributed by atoms with Crippen LogP contribution in [0.25, 0.3) is 0 Å². The SMILES string of the molecule is Cc1oc(CNC2CC2)cc1CN(C)CC1CCCC1. The summed E-state index contributed by atoms with van der Waals surface area (Å²) in [6.07, 6.45) is 8.37. The Morgan fingerprint density at radius 3 is 2.70 bits per heavy atom. The zero-order valence-corrected chi connectivity index (χ0v) is 13.0. The second-order valence-corrected chi connectivity index (χ2v) is 6.80. The number of hydrogen-bond donors (Lipinski definition) is 1. The fourth-order valence-electron chi connectivity index (χ4n) is 3.35. The molecule has 3 heteroatoms. The third-order valence-electron chi connectivity index (χ3n) is 4.70. The fourth-order valence-corrected chi connectivity index (χ4v) is 3.35. The maximum atomic E-state index is 5.87. The first-order chi connectivity index (χ1) is 9.70. The normalized spacial score (nSPS) is 20.1. The van der Waals surface area contributed by atoms with Gasteiger partial charge in [-0.2, -0.15) is 0 Å². The Bertz CT molecular complexity index is 430. The van der Waals surface area contributed by atoms with Crippen molar-refractivity contribution in [1.29, 1.82) is 0 Å². The number of nitrogens with zero attached hydrogens (tertiary/aromatic N) is 1. The highest BCUT2D eigenvalue weighted by molar-refractivity contribution is 5.20. The Labute approximate surface area is 122 Å². The summed E-state index contributed by atoms with van der Waals surface area (Å²) < 4.78 is 5.87. The highest BCUT2D eigenvalue weighted by Crippen LogP contribution is 2.26. The molecule has 3 rings (SSSR count). The highest BCUT2D eigenvalue weighted by Gasteiger charge is 2.21. The van der Waals surface area contributed by atoms with Gasteiger partial charge in [-0.15, -0.1) is 0 Å². The Balaban J connectivity index is 1.49. The van der Waals surface area contributed by atoms with E-state index < -0.39 is 0 Å². The summed E-state index contributed by atoms with van der Waals surface area (Å²) >= 11 is 0. The lowest BCUT2D eigenvalue weighted by atomic mass is 10.1. The van der Waals surface area contributed by atoms with E-state index in [9.17, 15) is 0 Å². The number of furan rings is 1. The van der Waals surface area contributed by atoms with E-state index >= 15 is 0 Å². The lowest BCUT2D eigenvalue weighted by Crippen LogP contribution is -2.24. The van der Waals surface area contributed by atoms with E-state index in [0.29, 0.717) is 0 Å². The van der Waals surface area contributed by atoms with Gasteiger partial charge in [0.15, 0.2) is 0 Å². The number of aryl methyl sites for hydroxylation is 1. The molecule has 1 heterocycles. The van der Waals surface area contributed by atoms with Crippen molar-refractivity contribution in [3.8, 4) is 0 Å². The van der Waals surface area contributed by atoms with Crippen LogP contribution in [-0.4, -0.2) is 24.5 Å². The quantitative estimate of drug-likeness (QED) is 0.826. The molecule has 112 valence electrons. The van der Waals surface area contributed by atoms with E-state index in [1.807, 2.05) is 0 Å². The van der Waals surface area contributed by atoms with Gasteiger partial charge in [0.05, 0.1) is 6.54 Å². The Morgan fingerprint density at radius 1 is 1.25 bits per heavy atom. The molecule has 2 fully saturated rings. The van der Waals surface area contributed by atoms with E-state index in [1.165, 1.54) is 50.6 Å². The van der Waals surface area contributed by atoms with Crippen LogP contribution in [0.4, 0.5) is 0 Å². The molecular formula is C17H28N2O. The molecule has 0 spiro atoms. The van der Waals surface area contributed by atoms with Gasteiger partial charge in [-0.3, -0.25) is 0 Å². The third kappa shape index (κ3) is 3.86. The van der Waals surface area contributed by atoms with Crippen LogP contribution < -0.4 is 5.32 Å². The van der Waals surface area contributed by atoms with Crippen LogP contribution in [-0.2, 0) is 13.1 Å². The van der Waals surface area contributed by atoms with E-state index in [2.05, 4.69) is 30.3 Å². The van der Waals surface area contributed by atoms with Gasteiger partial charge in [0, 0.05) is 24.7 Å². The summed E-state index contributed by atoms with van der Waals surface area (Å²) in [6.45, 7) is 5.24. The molecule has 0 atom stereocenters. The number of hydrogen-bond acceptors (Lipinski definition) is 3. The first-order valence-electron chi connectivity index (χ1n) is 8.21. The first kappa shape index (κ1) is 14.2. The molecule has 2 saturated carbocycles. The maximum absolute atomic E-state index is 5.87. The average Bonchev–Trinajstić information content (AvgIpc) is 2.99. The summed E-state index contributed by atoms with van der Waals surface area (Å²) in [6, 6.07) is 2.99. The van der Waals surface area contributed by atoms with Gasteiger partial charge >= 0.3 is 0 Å². The van der Waals surface area contributed by atoms with Crippen LogP contribution in [0.2, 0.25) is 0 Å².